The van der Waals surface area contributed by atoms with Crippen LogP contribution in [0.5, 0.6) is 5.75 Å². The number of para-hydroxylation sites is 2. The SMILES string of the molecule is CN(Cc1ccccc1OC(F)(F)F)C(=O)COCc1nc2ccccc2c(=O)[nH]1. The van der Waals surface area contributed by atoms with Gasteiger partial charge in [0.05, 0.1) is 10.9 Å². The Hall–Kier alpha value is -3.40. The fourth-order valence-electron chi connectivity index (χ4n) is 2.75. The molecular formula is C20H18F3N3O4. The molecule has 7 nitrogen and oxygen atoms in total. The molecule has 3 aromatic rings. The highest BCUT2D eigenvalue weighted by atomic mass is 19.4. The van der Waals surface area contributed by atoms with Crippen molar-refractivity contribution in [1.29, 1.82) is 0 Å². The fourth-order valence-corrected chi connectivity index (χ4v) is 2.75. The van der Waals surface area contributed by atoms with E-state index in [0.29, 0.717) is 10.9 Å². The monoisotopic (exact) mass is 421 g/mol. The second-order valence-electron chi connectivity index (χ2n) is 6.43. The number of likely N-dealkylation sites (N-methyl/N-ethyl adjacent to an activating group) is 1. The van der Waals surface area contributed by atoms with Crippen LogP contribution in [-0.2, 0) is 22.7 Å². The highest BCUT2D eigenvalue weighted by Gasteiger charge is 2.32. The number of nitrogens with zero attached hydrogens (tertiary/aromatic N) is 2. The summed E-state index contributed by atoms with van der Waals surface area (Å²) in [5, 5.41) is 0.441. The fraction of sp³-hybridized carbons (Fsp3) is 0.250. The maximum Gasteiger partial charge on any atom is 0.573 e. The van der Waals surface area contributed by atoms with Gasteiger partial charge in [-0.25, -0.2) is 4.98 Å². The minimum absolute atomic E-state index is 0.0977. The average Bonchev–Trinajstić information content (AvgIpc) is 2.68. The van der Waals surface area contributed by atoms with Crippen LogP contribution in [0.2, 0.25) is 0 Å². The molecule has 0 aliphatic rings. The highest BCUT2D eigenvalue weighted by Crippen LogP contribution is 2.26. The van der Waals surface area contributed by atoms with Gasteiger partial charge in [-0.3, -0.25) is 9.59 Å². The van der Waals surface area contributed by atoms with Crippen LogP contribution in [0.25, 0.3) is 10.9 Å². The van der Waals surface area contributed by atoms with Gasteiger partial charge in [0, 0.05) is 19.2 Å². The van der Waals surface area contributed by atoms with Crippen LogP contribution < -0.4 is 10.3 Å². The molecular weight excluding hydrogens is 403 g/mol. The van der Waals surface area contributed by atoms with E-state index in [1.807, 2.05) is 0 Å². The Morgan fingerprint density at radius 3 is 2.60 bits per heavy atom. The molecule has 0 saturated heterocycles. The van der Waals surface area contributed by atoms with E-state index in [2.05, 4.69) is 14.7 Å². The lowest BCUT2D eigenvalue weighted by molar-refractivity contribution is -0.275. The van der Waals surface area contributed by atoms with E-state index in [0.717, 1.165) is 0 Å². The molecule has 10 heteroatoms. The van der Waals surface area contributed by atoms with Gasteiger partial charge in [-0.05, 0) is 18.2 Å². The Kier molecular flexibility index (Phi) is 6.36. The summed E-state index contributed by atoms with van der Waals surface area (Å²) in [5.74, 6) is -0.568. The van der Waals surface area contributed by atoms with E-state index in [-0.39, 0.29) is 42.5 Å². The molecule has 0 spiro atoms. The molecule has 0 bridgehead atoms. The summed E-state index contributed by atoms with van der Waals surface area (Å²) in [4.78, 5) is 32.3. The Morgan fingerprint density at radius 2 is 1.83 bits per heavy atom. The van der Waals surface area contributed by atoms with Gasteiger partial charge < -0.3 is 19.4 Å². The number of hydrogen-bond donors (Lipinski definition) is 1. The Labute approximate surface area is 169 Å². The first-order valence-electron chi connectivity index (χ1n) is 8.86. The third-order valence-corrected chi connectivity index (χ3v) is 4.16. The lowest BCUT2D eigenvalue weighted by atomic mass is 10.2. The number of carbonyl (C=O) groups is 1. The van der Waals surface area contributed by atoms with Crippen LogP contribution in [0, 0.1) is 0 Å². The predicted octanol–water partition coefficient (Wildman–Crippen LogP) is 3.00. The van der Waals surface area contributed by atoms with Gasteiger partial charge >= 0.3 is 6.36 Å². The molecule has 0 radical (unpaired) electrons. The molecule has 1 aromatic heterocycles. The van der Waals surface area contributed by atoms with E-state index >= 15 is 0 Å². The van der Waals surface area contributed by atoms with Crippen molar-refractivity contribution in [2.45, 2.75) is 19.5 Å². The topological polar surface area (TPSA) is 84.5 Å². The van der Waals surface area contributed by atoms with Gasteiger partial charge in [0.1, 0.15) is 24.8 Å². The molecule has 0 aliphatic carbocycles. The van der Waals surface area contributed by atoms with Crippen LogP contribution in [0.1, 0.15) is 11.4 Å². The lowest BCUT2D eigenvalue weighted by Crippen LogP contribution is -2.30. The molecule has 0 atom stereocenters. The van der Waals surface area contributed by atoms with Crippen molar-refractivity contribution in [2.75, 3.05) is 13.7 Å². The van der Waals surface area contributed by atoms with Gasteiger partial charge in [0.15, 0.2) is 0 Å². The molecule has 0 fully saturated rings. The van der Waals surface area contributed by atoms with Gasteiger partial charge in [-0.15, -0.1) is 13.2 Å². The number of hydrogen-bond acceptors (Lipinski definition) is 5. The standard InChI is InChI=1S/C20H18F3N3O4/c1-26(10-13-6-2-5-9-16(13)30-20(21,22)23)18(27)12-29-11-17-24-15-8-4-3-7-14(15)19(28)25-17/h2-9H,10-12H2,1H3,(H,24,25,28). The number of amides is 1. The van der Waals surface area contributed by atoms with Crippen LogP contribution in [0.15, 0.2) is 53.3 Å². The summed E-state index contributed by atoms with van der Waals surface area (Å²) in [6, 6.07) is 12.4. The summed E-state index contributed by atoms with van der Waals surface area (Å²) < 4.78 is 46.9. The number of H-pyrrole nitrogens is 1. The van der Waals surface area contributed by atoms with Crippen molar-refractivity contribution in [1.82, 2.24) is 14.9 Å². The number of aromatic nitrogens is 2. The number of ether oxygens (including phenoxy) is 2. The van der Waals surface area contributed by atoms with Crippen molar-refractivity contribution >= 4 is 16.8 Å². The Balaban J connectivity index is 1.58. The molecule has 30 heavy (non-hydrogen) atoms. The minimum Gasteiger partial charge on any atom is -0.405 e. The smallest absolute Gasteiger partial charge is 0.405 e. The third kappa shape index (κ3) is 5.57. The summed E-state index contributed by atoms with van der Waals surface area (Å²) in [5.41, 5.74) is 0.389. The van der Waals surface area contributed by atoms with Gasteiger partial charge in [-0.2, -0.15) is 0 Å². The molecule has 0 unspecified atom stereocenters. The first kappa shape index (κ1) is 21.3. The van der Waals surface area contributed by atoms with Gasteiger partial charge in [0.25, 0.3) is 5.56 Å². The molecule has 3 rings (SSSR count). The van der Waals surface area contributed by atoms with Gasteiger partial charge in [0.2, 0.25) is 5.91 Å². The molecule has 2 aromatic carbocycles. The predicted molar refractivity (Wildman–Crippen MR) is 102 cm³/mol. The zero-order chi connectivity index (χ0) is 21.7. The maximum absolute atomic E-state index is 12.5. The first-order chi connectivity index (χ1) is 14.2. The normalized spacial score (nSPS) is 11.5. The number of carbonyl (C=O) groups excluding carboxylic acids is 1. The summed E-state index contributed by atoms with van der Waals surface area (Å²) in [6.45, 7) is -0.539. The molecule has 1 amide bonds. The first-order valence-corrected chi connectivity index (χ1v) is 8.86. The Morgan fingerprint density at radius 1 is 1.13 bits per heavy atom. The van der Waals surface area contributed by atoms with Crippen LogP contribution in [0.4, 0.5) is 13.2 Å². The number of fused-ring (bicyclic) bond motifs is 1. The Bertz CT molecular complexity index is 1100. The second-order valence-corrected chi connectivity index (χ2v) is 6.43. The number of halogens is 3. The number of nitrogens with one attached hydrogen (secondary N) is 1. The van der Waals surface area contributed by atoms with E-state index in [1.54, 1.807) is 30.3 Å². The zero-order valence-electron chi connectivity index (χ0n) is 15.9. The van der Waals surface area contributed by atoms with E-state index in [1.165, 1.54) is 30.1 Å². The van der Waals surface area contributed by atoms with E-state index < -0.39 is 12.3 Å². The maximum atomic E-state index is 12.5. The van der Waals surface area contributed by atoms with Crippen LogP contribution in [-0.4, -0.2) is 40.8 Å². The van der Waals surface area contributed by atoms with Crippen molar-refractivity contribution in [2.24, 2.45) is 0 Å². The number of rotatable bonds is 7. The van der Waals surface area contributed by atoms with Crippen molar-refractivity contribution in [3.05, 3.63) is 70.3 Å². The largest absolute Gasteiger partial charge is 0.573 e. The van der Waals surface area contributed by atoms with Crippen LogP contribution >= 0.6 is 0 Å². The summed E-state index contributed by atoms with van der Waals surface area (Å²) in [7, 11) is 1.44. The third-order valence-electron chi connectivity index (χ3n) is 4.16. The van der Waals surface area contributed by atoms with Crippen molar-refractivity contribution < 1.29 is 27.4 Å². The molecule has 1 N–H and O–H groups in total. The van der Waals surface area contributed by atoms with Crippen molar-refractivity contribution in [3.8, 4) is 5.75 Å². The van der Waals surface area contributed by atoms with Crippen LogP contribution in [0.3, 0.4) is 0 Å². The average molecular weight is 421 g/mol. The van der Waals surface area contributed by atoms with Crippen molar-refractivity contribution in [3.63, 3.8) is 0 Å². The highest BCUT2D eigenvalue weighted by molar-refractivity contribution is 5.77. The number of benzene rings is 2. The lowest BCUT2D eigenvalue weighted by Gasteiger charge is -2.20. The zero-order valence-corrected chi connectivity index (χ0v) is 15.9. The van der Waals surface area contributed by atoms with Gasteiger partial charge in [-0.1, -0.05) is 30.3 Å². The molecule has 1 heterocycles. The summed E-state index contributed by atoms with van der Waals surface area (Å²) >= 11 is 0. The summed E-state index contributed by atoms with van der Waals surface area (Å²) in [6.07, 6.45) is -4.83. The second kappa shape index (κ2) is 8.95. The molecule has 0 aliphatic heterocycles. The van der Waals surface area contributed by atoms with E-state index in [9.17, 15) is 22.8 Å². The number of aromatic amines is 1. The molecule has 0 saturated carbocycles. The van der Waals surface area contributed by atoms with E-state index in [4.69, 9.17) is 4.74 Å². The quantitative estimate of drug-likeness (QED) is 0.634. The molecule has 158 valence electrons. The number of alkyl halides is 3. The minimum atomic E-state index is -4.83.